The number of pyridine rings is 1. The van der Waals surface area contributed by atoms with E-state index in [9.17, 15) is 0 Å². The van der Waals surface area contributed by atoms with E-state index in [2.05, 4.69) is 21.9 Å². The van der Waals surface area contributed by atoms with Crippen molar-refractivity contribution in [3.8, 4) is 0 Å². The van der Waals surface area contributed by atoms with E-state index in [1.807, 2.05) is 82.6 Å². The molecule has 0 aromatic carbocycles. The first-order valence-corrected chi connectivity index (χ1v) is 8.83. The number of nitrogens with one attached hydrogen (secondary N) is 1. The molecular weight excluding hydrogens is 314 g/mol. The van der Waals surface area contributed by atoms with Crippen LogP contribution in [0.25, 0.3) is 24.3 Å². The predicted octanol–water partition coefficient (Wildman–Crippen LogP) is 4.10. The van der Waals surface area contributed by atoms with Crippen molar-refractivity contribution >= 4 is 41.5 Å². The summed E-state index contributed by atoms with van der Waals surface area (Å²) in [5.41, 5.74) is 1.06. The number of rotatable bonds is 5. The molecule has 2 aromatic rings. The molecule has 0 amide bonds. The SMILES string of the molecule is C=C/C=c1/sc(/C=C/C=C/c2ccc(NC)nc2)n/c1=C/C.CC. The summed E-state index contributed by atoms with van der Waals surface area (Å²) in [6, 6.07) is 3.97. The van der Waals surface area contributed by atoms with Gasteiger partial charge < -0.3 is 5.32 Å². The average molecular weight is 340 g/mol. The van der Waals surface area contributed by atoms with Gasteiger partial charge in [-0.15, -0.1) is 11.3 Å². The fourth-order valence-electron chi connectivity index (χ4n) is 1.82. The molecule has 0 atom stereocenters. The normalized spacial score (nSPS) is 12.5. The summed E-state index contributed by atoms with van der Waals surface area (Å²) in [6.45, 7) is 9.72. The summed E-state index contributed by atoms with van der Waals surface area (Å²) in [5, 5.41) is 4.98. The van der Waals surface area contributed by atoms with Crippen molar-refractivity contribution in [1.82, 2.24) is 9.97 Å². The number of anilines is 1. The van der Waals surface area contributed by atoms with Crippen LogP contribution in [0.5, 0.6) is 0 Å². The highest BCUT2D eigenvalue weighted by Gasteiger charge is 1.94. The summed E-state index contributed by atoms with van der Waals surface area (Å²) in [7, 11) is 1.86. The van der Waals surface area contributed by atoms with Gasteiger partial charge in [0.05, 0.1) is 9.88 Å². The lowest BCUT2D eigenvalue weighted by Gasteiger charge is -1.97. The van der Waals surface area contributed by atoms with Crippen molar-refractivity contribution in [2.24, 2.45) is 0 Å². The Hall–Kier alpha value is -2.46. The average Bonchev–Trinajstić information content (AvgIpc) is 3.03. The molecule has 24 heavy (non-hydrogen) atoms. The van der Waals surface area contributed by atoms with Gasteiger partial charge in [-0.1, -0.05) is 50.8 Å². The van der Waals surface area contributed by atoms with Crippen LogP contribution in [0, 0.1) is 0 Å². The van der Waals surface area contributed by atoms with Crippen LogP contribution < -0.4 is 15.2 Å². The molecule has 0 saturated carbocycles. The largest absolute Gasteiger partial charge is 0.373 e. The molecule has 0 aliphatic carbocycles. The van der Waals surface area contributed by atoms with Crippen molar-refractivity contribution in [3.05, 3.63) is 63.6 Å². The van der Waals surface area contributed by atoms with Gasteiger partial charge in [-0.2, -0.15) is 0 Å². The van der Waals surface area contributed by atoms with Crippen LogP contribution >= 0.6 is 11.3 Å². The monoisotopic (exact) mass is 339 g/mol. The van der Waals surface area contributed by atoms with E-state index in [4.69, 9.17) is 0 Å². The van der Waals surface area contributed by atoms with Gasteiger partial charge in [0.1, 0.15) is 10.8 Å². The second-order valence-corrected chi connectivity index (χ2v) is 5.50. The van der Waals surface area contributed by atoms with Crippen molar-refractivity contribution in [2.75, 3.05) is 12.4 Å². The lowest BCUT2D eigenvalue weighted by Crippen LogP contribution is -2.19. The van der Waals surface area contributed by atoms with Crippen molar-refractivity contribution in [3.63, 3.8) is 0 Å². The Kier molecular flexibility index (Phi) is 9.09. The third-order valence-electron chi connectivity index (χ3n) is 2.92. The van der Waals surface area contributed by atoms with Gasteiger partial charge in [-0.3, -0.25) is 0 Å². The van der Waals surface area contributed by atoms with Crippen LogP contribution in [0.3, 0.4) is 0 Å². The van der Waals surface area contributed by atoms with Crippen LogP contribution in [-0.2, 0) is 0 Å². The van der Waals surface area contributed by atoms with Crippen molar-refractivity contribution < 1.29 is 0 Å². The highest BCUT2D eigenvalue weighted by Crippen LogP contribution is 2.06. The van der Waals surface area contributed by atoms with Gasteiger partial charge in [0.2, 0.25) is 0 Å². The van der Waals surface area contributed by atoms with E-state index in [0.29, 0.717) is 0 Å². The number of nitrogens with zero attached hydrogens (tertiary/aromatic N) is 2. The Morgan fingerprint density at radius 1 is 1.17 bits per heavy atom. The Balaban J connectivity index is 0.00000139. The molecule has 2 rings (SSSR count). The summed E-state index contributed by atoms with van der Waals surface area (Å²) >= 11 is 1.65. The predicted molar refractivity (Wildman–Crippen MR) is 109 cm³/mol. The summed E-state index contributed by atoms with van der Waals surface area (Å²) in [4.78, 5) is 8.82. The lowest BCUT2D eigenvalue weighted by molar-refractivity contribution is 1.28. The Morgan fingerprint density at radius 2 is 1.92 bits per heavy atom. The molecule has 126 valence electrons. The number of aromatic nitrogens is 2. The topological polar surface area (TPSA) is 37.8 Å². The third-order valence-corrected chi connectivity index (χ3v) is 3.92. The highest BCUT2D eigenvalue weighted by atomic mass is 32.1. The molecular formula is C20H25N3S. The van der Waals surface area contributed by atoms with Crippen LogP contribution in [0.2, 0.25) is 0 Å². The maximum Gasteiger partial charge on any atom is 0.125 e. The Labute approximate surface area is 148 Å². The maximum absolute atomic E-state index is 4.56. The lowest BCUT2D eigenvalue weighted by atomic mass is 10.2. The van der Waals surface area contributed by atoms with Gasteiger partial charge in [-0.05, 0) is 36.8 Å². The van der Waals surface area contributed by atoms with Crippen molar-refractivity contribution in [2.45, 2.75) is 20.8 Å². The summed E-state index contributed by atoms with van der Waals surface area (Å²) in [6.07, 6.45) is 15.6. The molecule has 1 N–H and O–H groups in total. The molecule has 0 unspecified atom stereocenters. The third kappa shape index (κ3) is 5.97. The van der Waals surface area contributed by atoms with Crippen LogP contribution in [0.1, 0.15) is 31.3 Å². The molecule has 0 radical (unpaired) electrons. The molecule has 4 heteroatoms. The van der Waals surface area contributed by atoms with Gasteiger partial charge >= 0.3 is 0 Å². The number of hydrogen-bond acceptors (Lipinski definition) is 4. The molecule has 0 saturated heterocycles. The molecule has 3 nitrogen and oxygen atoms in total. The minimum atomic E-state index is 0.866. The van der Waals surface area contributed by atoms with Crippen LogP contribution in [0.15, 0.2) is 43.1 Å². The quantitative estimate of drug-likeness (QED) is 0.834. The zero-order valence-corrected chi connectivity index (χ0v) is 15.6. The Morgan fingerprint density at radius 3 is 2.50 bits per heavy atom. The smallest absolute Gasteiger partial charge is 0.125 e. The van der Waals surface area contributed by atoms with E-state index in [-0.39, 0.29) is 0 Å². The van der Waals surface area contributed by atoms with E-state index < -0.39 is 0 Å². The van der Waals surface area contributed by atoms with Crippen molar-refractivity contribution in [1.29, 1.82) is 0 Å². The molecule has 0 aliphatic rings. The molecule has 0 fully saturated rings. The number of allylic oxidation sites excluding steroid dienone is 3. The van der Waals surface area contributed by atoms with Gasteiger partial charge in [0.15, 0.2) is 0 Å². The first-order chi connectivity index (χ1) is 11.8. The molecule has 2 aromatic heterocycles. The Bertz CT molecular complexity index is 796. The summed E-state index contributed by atoms with van der Waals surface area (Å²) < 4.78 is 1.13. The van der Waals surface area contributed by atoms with E-state index in [1.54, 1.807) is 17.4 Å². The highest BCUT2D eigenvalue weighted by molar-refractivity contribution is 7.10. The number of hydrogen-bond donors (Lipinski definition) is 1. The van der Waals surface area contributed by atoms with Gasteiger partial charge in [0, 0.05) is 13.2 Å². The number of thiazole rings is 1. The van der Waals surface area contributed by atoms with E-state index >= 15 is 0 Å². The van der Waals surface area contributed by atoms with Gasteiger partial charge in [-0.25, -0.2) is 9.97 Å². The first-order valence-electron chi connectivity index (χ1n) is 8.01. The zero-order valence-electron chi connectivity index (χ0n) is 14.8. The fourth-order valence-corrected chi connectivity index (χ4v) is 2.77. The molecule has 0 aliphatic heterocycles. The van der Waals surface area contributed by atoms with Crippen LogP contribution in [-0.4, -0.2) is 17.0 Å². The van der Waals surface area contributed by atoms with Crippen LogP contribution in [0.4, 0.5) is 5.82 Å². The second-order valence-electron chi connectivity index (χ2n) is 4.44. The zero-order chi connectivity index (χ0) is 17.8. The standard InChI is InChI=1S/C18H19N3S.C2H6/c1-4-8-16-15(5-2)21-18(22-16)10-7-6-9-14-11-12-17(19-3)20-13-14;1-2/h4-13H,1H2,2-3H3,(H,19,20);1-2H3/b9-6+,10-7+,15-5+,16-8+;. The maximum atomic E-state index is 4.56. The second kappa shape index (κ2) is 11.1. The fraction of sp³-hybridized carbons (Fsp3) is 0.200. The summed E-state index contributed by atoms with van der Waals surface area (Å²) in [5.74, 6) is 0.866. The minimum absolute atomic E-state index is 0.866. The minimum Gasteiger partial charge on any atom is -0.373 e. The molecule has 0 spiro atoms. The van der Waals surface area contributed by atoms with Gasteiger partial charge in [0.25, 0.3) is 0 Å². The molecule has 2 heterocycles. The van der Waals surface area contributed by atoms with E-state index in [1.165, 1.54) is 0 Å². The molecule has 0 bridgehead atoms. The van der Waals surface area contributed by atoms with E-state index in [0.717, 1.165) is 26.3 Å². The first kappa shape index (κ1) is 19.6.